The van der Waals surface area contributed by atoms with E-state index in [1.54, 1.807) is 7.11 Å². The lowest BCUT2D eigenvalue weighted by molar-refractivity contribution is -0.122. The third kappa shape index (κ3) is 2.33. The summed E-state index contributed by atoms with van der Waals surface area (Å²) in [5.41, 5.74) is 2.17. The van der Waals surface area contributed by atoms with Gasteiger partial charge < -0.3 is 14.4 Å². The van der Waals surface area contributed by atoms with Crippen LogP contribution in [0.3, 0.4) is 0 Å². The van der Waals surface area contributed by atoms with E-state index in [0.717, 1.165) is 17.5 Å². The van der Waals surface area contributed by atoms with Crippen molar-refractivity contribution in [1.29, 1.82) is 0 Å². The lowest BCUT2D eigenvalue weighted by Crippen LogP contribution is -2.44. The van der Waals surface area contributed by atoms with E-state index in [0.29, 0.717) is 13.2 Å². The highest BCUT2D eigenvalue weighted by Gasteiger charge is 2.30. The van der Waals surface area contributed by atoms with Crippen molar-refractivity contribution < 1.29 is 14.3 Å². The summed E-state index contributed by atoms with van der Waals surface area (Å²) < 4.78 is 10.7. The van der Waals surface area contributed by atoms with Crippen LogP contribution in [-0.2, 0) is 14.3 Å². The van der Waals surface area contributed by atoms with Gasteiger partial charge in [0.2, 0.25) is 0 Å². The summed E-state index contributed by atoms with van der Waals surface area (Å²) in [6, 6.07) is 7.99. The molecule has 1 aliphatic heterocycles. The molecule has 0 N–H and O–H groups in total. The molecule has 2 rings (SSSR count). The molecule has 92 valence electrons. The number of carbonyl (C=O) groups excluding carboxylic acids is 1. The molecule has 2 unspecified atom stereocenters. The Labute approximate surface area is 101 Å². The average Bonchev–Trinajstić information content (AvgIpc) is 2.37. The average molecular weight is 235 g/mol. The van der Waals surface area contributed by atoms with Gasteiger partial charge in [-0.2, -0.15) is 0 Å². The third-order valence-electron chi connectivity index (χ3n) is 2.99. The first-order valence-electron chi connectivity index (χ1n) is 5.73. The first-order valence-corrected chi connectivity index (χ1v) is 5.73. The van der Waals surface area contributed by atoms with Gasteiger partial charge in [-0.15, -0.1) is 0 Å². The van der Waals surface area contributed by atoms with E-state index in [1.807, 2.05) is 36.1 Å². The van der Waals surface area contributed by atoms with E-state index < -0.39 is 6.23 Å². The summed E-state index contributed by atoms with van der Waals surface area (Å²) in [6.45, 7) is 3.17. The highest BCUT2D eigenvalue weighted by atomic mass is 16.5. The molecule has 1 heterocycles. The van der Waals surface area contributed by atoms with Gasteiger partial charge in [0.15, 0.2) is 12.5 Å². The molecule has 0 radical (unpaired) electrons. The summed E-state index contributed by atoms with van der Waals surface area (Å²) >= 11 is 0. The van der Waals surface area contributed by atoms with Crippen LogP contribution < -0.4 is 4.90 Å². The summed E-state index contributed by atoms with van der Waals surface area (Å²) in [5.74, 6) is 0. The van der Waals surface area contributed by atoms with Crippen LogP contribution in [0.4, 0.5) is 5.69 Å². The van der Waals surface area contributed by atoms with Gasteiger partial charge in [-0.1, -0.05) is 18.2 Å². The number of anilines is 1. The van der Waals surface area contributed by atoms with Crippen molar-refractivity contribution in [3.8, 4) is 0 Å². The van der Waals surface area contributed by atoms with Crippen LogP contribution in [0.1, 0.15) is 18.6 Å². The van der Waals surface area contributed by atoms with Crippen molar-refractivity contribution >= 4 is 12.0 Å². The Morgan fingerprint density at radius 2 is 2.24 bits per heavy atom. The van der Waals surface area contributed by atoms with Gasteiger partial charge in [-0.05, 0) is 13.0 Å². The molecule has 0 saturated heterocycles. The predicted molar refractivity (Wildman–Crippen MR) is 65.0 cm³/mol. The number of rotatable bonds is 4. The van der Waals surface area contributed by atoms with Crippen LogP contribution in [0.2, 0.25) is 0 Å². The van der Waals surface area contributed by atoms with Crippen LogP contribution >= 0.6 is 0 Å². The first-order chi connectivity index (χ1) is 8.27. The number of fused-ring (bicyclic) bond motifs is 1. The zero-order valence-electron chi connectivity index (χ0n) is 10.1. The van der Waals surface area contributed by atoms with Gasteiger partial charge >= 0.3 is 0 Å². The topological polar surface area (TPSA) is 38.8 Å². The number of aldehydes is 1. The number of methoxy groups -OCH3 is 1. The van der Waals surface area contributed by atoms with Crippen molar-refractivity contribution in [2.45, 2.75) is 19.3 Å². The second kappa shape index (κ2) is 5.29. The van der Waals surface area contributed by atoms with Crippen LogP contribution in [0.5, 0.6) is 0 Å². The number of carbonyl (C=O) groups is 1. The lowest BCUT2D eigenvalue weighted by Gasteiger charge is -2.38. The minimum Gasteiger partial charge on any atom is -0.383 e. The number of para-hydroxylation sites is 1. The standard InChI is InChI=1S/C13H17NO3/c1-10-11-5-3-4-6-12(11)14(7-8-16-2)13(9-15)17-10/h3-6,9-10,13H,7-8H2,1-2H3. The Bertz CT molecular complexity index is 394. The van der Waals surface area contributed by atoms with E-state index in [1.165, 1.54) is 0 Å². The number of benzene rings is 1. The van der Waals surface area contributed by atoms with E-state index in [-0.39, 0.29) is 6.10 Å². The molecule has 1 aliphatic rings. The second-order valence-electron chi connectivity index (χ2n) is 4.05. The highest BCUT2D eigenvalue weighted by molar-refractivity contribution is 5.68. The summed E-state index contributed by atoms with van der Waals surface area (Å²) in [4.78, 5) is 13.0. The Morgan fingerprint density at radius 3 is 2.94 bits per heavy atom. The molecule has 17 heavy (non-hydrogen) atoms. The van der Waals surface area contributed by atoms with Gasteiger partial charge in [-0.3, -0.25) is 4.79 Å². The fourth-order valence-electron chi connectivity index (χ4n) is 2.13. The number of ether oxygens (including phenoxy) is 2. The molecule has 0 spiro atoms. The van der Waals surface area contributed by atoms with E-state index in [2.05, 4.69) is 0 Å². The van der Waals surface area contributed by atoms with E-state index in [4.69, 9.17) is 9.47 Å². The van der Waals surface area contributed by atoms with Crippen LogP contribution in [0, 0.1) is 0 Å². The van der Waals surface area contributed by atoms with E-state index >= 15 is 0 Å². The molecule has 2 atom stereocenters. The molecule has 4 nitrogen and oxygen atoms in total. The smallest absolute Gasteiger partial charge is 0.187 e. The quantitative estimate of drug-likeness (QED) is 0.745. The lowest BCUT2D eigenvalue weighted by atomic mass is 10.0. The molecule has 4 heteroatoms. The van der Waals surface area contributed by atoms with Crippen LogP contribution in [0.15, 0.2) is 24.3 Å². The zero-order valence-corrected chi connectivity index (χ0v) is 10.1. The summed E-state index contributed by atoms with van der Waals surface area (Å²) in [5, 5.41) is 0. The molecule has 0 aliphatic carbocycles. The van der Waals surface area contributed by atoms with Crippen molar-refractivity contribution in [1.82, 2.24) is 0 Å². The monoisotopic (exact) mass is 235 g/mol. The van der Waals surface area contributed by atoms with Crippen molar-refractivity contribution in [3.05, 3.63) is 29.8 Å². The maximum absolute atomic E-state index is 11.1. The first kappa shape index (κ1) is 12.1. The highest BCUT2D eigenvalue weighted by Crippen LogP contribution is 2.35. The number of nitrogens with zero attached hydrogens (tertiary/aromatic N) is 1. The molecule has 0 bridgehead atoms. The number of hydrogen-bond acceptors (Lipinski definition) is 4. The van der Waals surface area contributed by atoms with Crippen molar-refractivity contribution in [3.63, 3.8) is 0 Å². The Morgan fingerprint density at radius 1 is 1.47 bits per heavy atom. The van der Waals surface area contributed by atoms with Gasteiger partial charge in [-0.25, -0.2) is 0 Å². The van der Waals surface area contributed by atoms with Crippen molar-refractivity contribution in [2.24, 2.45) is 0 Å². The minimum absolute atomic E-state index is 0.0554. The van der Waals surface area contributed by atoms with Gasteiger partial charge in [0, 0.05) is 24.9 Å². The molecule has 1 aromatic carbocycles. The molecular weight excluding hydrogens is 218 g/mol. The van der Waals surface area contributed by atoms with Gasteiger partial charge in [0.25, 0.3) is 0 Å². The fraction of sp³-hybridized carbons (Fsp3) is 0.462. The molecular formula is C13H17NO3. The molecule has 1 aromatic rings. The normalized spacial score (nSPS) is 23.3. The van der Waals surface area contributed by atoms with Crippen molar-refractivity contribution in [2.75, 3.05) is 25.2 Å². The fourth-order valence-corrected chi connectivity index (χ4v) is 2.13. The second-order valence-corrected chi connectivity index (χ2v) is 4.05. The molecule has 0 saturated carbocycles. The largest absolute Gasteiger partial charge is 0.383 e. The van der Waals surface area contributed by atoms with Crippen LogP contribution in [-0.4, -0.2) is 32.8 Å². The Kier molecular flexibility index (Phi) is 3.76. The zero-order chi connectivity index (χ0) is 12.3. The molecule has 0 fully saturated rings. The third-order valence-corrected chi connectivity index (χ3v) is 2.99. The Balaban J connectivity index is 2.32. The van der Waals surface area contributed by atoms with Gasteiger partial charge in [0.05, 0.1) is 12.7 Å². The van der Waals surface area contributed by atoms with E-state index in [9.17, 15) is 4.79 Å². The van der Waals surface area contributed by atoms with Crippen LogP contribution in [0.25, 0.3) is 0 Å². The molecule has 0 aromatic heterocycles. The Hall–Kier alpha value is -1.39. The summed E-state index contributed by atoms with van der Waals surface area (Å²) in [6.07, 6.45) is 0.262. The summed E-state index contributed by atoms with van der Waals surface area (Å²) in [7, 11) is 1.65. The predicted octanol–water partition coefficient (Wildman–Crippen LogP) is 1.76. The minimum atomic E-state index is -0.518. The molecule has 0 amide bonds. The maximum atomic E-state index is 11.1. The number of hydrogen-bond donors (Lipinski definition) is 0. The SMILES string of the molecule is COCCN1c2ccccc2C(C)OC1C=O. The van der Waals surface area contributed by atoms with Gasteiger partial charge in [0.1, 0.15) is 0 Å². The maximum Gasteiger partial charge on any atom is 0.187 e.